The Balaban J connectivity index is 1.43. The number of amides is 2. The maximum absolute atomic E-state index is 13.2. The fraction of sp³-hybridized carbons (Fsp3) is 0.357. The molecule has 1 fully saturated rings. The summed E-state index contributed by atoms with van der Waals surface area (Å²) in [5.41, 5.74) is 2.80. The second kappa shape index (κ2) is 11.4. The van der Waals surface area contributed by atoms with Crippen molar-refractivity contribution in [1.29, 1.82) is 0 Å². The van der Waals surface area contributed by atoms with E-state index in [1.807, 2.05) is 57.2 Å². The summed E-state index contributed by atoms with van der Waals surface area (Å²) in [5, 5.41) is 10.7. The first-order valence-electron chi connectivity index (χ1n) is 12.2. The van der Waals surface area contributed by atoms with Crippen LogP contribution in [0.3, 0.4) is 0 Å². The number of nitrogens with one attached hydrogen (secondary N) is 2. The quantitative estimate of drug-likeness (QED) is 0.471. The second-order valence-corrected chi connectivity index (χ2v) is 9.82. The number of hydrogen-bond donors (Lipinski definition) is 2. The van der Waals surface area contributed by atoms with E-state index in [4.69, 9.17) is 11.6 Å². The topological polar surface area (TPSA) is 88.9 Å². The number of rotatable bonds is 5. The first-order chi connectivity index (χ1) is 17.3. The van der Waals surface area contributed by atoms with E-state index in [9.17, 15) is 9.59 Å². The summed E-state index contributed by atoms with van der Waals surface area (Å²) in [6.07, 6.45) is 6.40. The predicted molar refractivity (Wildman–Crippen MR) is 141 cm³/mol. The molecule has 0 saturated heterocycles. The number of aryl methyl sites for hydroxylation is 1. The fourth-order valence-electron chi connectivity index (χ4n) is 4.27. The summed E-state index contributed by atoms with van der Waals surface area (Å²) >= 11 is 6.38. The lowest BCUT2D eigenvalue weighted by molar-refractivity contribution is -0.125. The van der Waals surface area contributed by atoms with Crippen LogP contribution in [-0.4, -0.2) is 32.6 Å². The van der Waals surface area contributed by atoms with Gasteiger partial charge in [0.2, 0.25) is 5.91 Å². The molecule has 0 spiro atoms. The minimum atomic E-state index is -0.355. The van der Waals surface area contributed by atoms with Crippen LogP contribution in [0.5, 0.6) is 0 Å². The van der Waals surface area contributed by atoms with Crippen LogP contribution >= 0.6 is 11.6 Å². The SMILES string of the molecule is Cc1cc(C#Cc2ccccc2)cnc1NC(=O)c1c(Cl)cnn1[C@H]1CC[C@H](NC(=O)C(C)C)CC1. The third kappa shape index (κ3) is 6.13. The Kier molecular flexibility index (Phi) is 8.07. The summed E-state index contributed by atoms with van der Waals surface area (Å²) in [5.74, 6) is 6.35. The minimum Gasteiger partial charge on any atom is -0.353 e. The highest BCUT2D eigenvalue weighted by Gasteiger charge is 2.29. The molecule has 0 unspecified atom stereocenters. The van der Waals surface area contributed by atoms with Crippen molar-refractivity contribution in [2.45, 2.75) is 58.5 Å². The van der Waals surface area contributed by atoms with E-state index in [2.05, 4.69) is 32.6 Å². The van der Waals surface area contributed by atoms with Gasteiger partial charge in [-0.2, -0.15) is 5.10 Å². The number of carbonyl (C=O) groups is 2. The Hall–Kier alpha value is -3.63. The van der Waals surface area contributed by atoms with Gasteiger partial charge in [0.25, 0.3) is 5.91 Å². The van der Waals surface area contributed by atoms with Gasteiger partial charge in [-0.3, -0.25) is 14.3 Å². The normalized spacial score (nSPS) is 17.2. The van der Waals surface area contributed by atoms with Gasteiger partial charge < -0.3 is 10.6 Å². The van der Waals surface area contributed by atoms with Gasteiger partial charge in [-0.05, 0) is 56.4 Å². The largest absolute Gasteiger partial charge is 0.353 e. The molecule has 0 aliphatic heterocycles. The van der Waals surface area contributed by atoms with Gasteiger partial charge in [-0.1, -0.05) is 55.5 Å². The number of hydrogen-bond acceptors (Lipinski definition) is 4. The average Bonchev–Trinajstić information content (AvgIpc) is 3.26. The van der Waals surface area contributed by atoms with Crippen LogP contribution in [0.1, 0.15) is 72.8 Å². The lowest BCUT2D eigenvalue weighted by atomic mass is 9.90. The van der Waals surface area contributed by atoms with Crippen LogP contribution in [0, 0.1) is 24.7 Å². The minimum absolute atomic E-state index is 0.0371. The van der Waals surface area contributed by atoms with Crippen molar-refractivity contribution in [3.05, 3.63) is 76.2 Å². The first kappa shape index (κ1) is 25.5. The highest BCUT2D eigenvalue weighted by molar-refractivity contribution is 6.34. The first-order valence-corrected chi connectivity index (χ1v) is 12.6. The fourth-order valence-corrected chi connectivity index (χ4v) is 4.49. The number of pyridine rings is 1. The van der Waals surface area contributed by atoms with Crippen LogP contribution < -0.4 is 10.6 Å². The molecular formula is C28H30ClN5O2. The molecule has 1 aliphatic rings. The molecular weight excluding hydrogens is 474 g/mol. The lowest BCUT2D eigenvalue weighted by Crippen LogP contribution is -2.40. The molecule has 0 radical (unpaired) electrons. The Morgan fingerprint density at radius 2 is 1.75 bits per heavy atom. The number of halogens is 1. The Bertz CT molecular complexity index is 1300. The summed E-state index contributed by atoms with van der Waals surface area (Å²) in [6, 6.07) is 11.8. The number of benzene rings is 1. The van der Waals surface area contributed by atoms with Crippen LogP contribution in [-0.2, 0) is 4.79 Å². The van der Waals surface area contributed by atoms with Crippen LogP contribution in [0.15, 0.2) is 48.8 Å². The molecule has 7 nitrogen and oxygen atoms in total. The number of carbonyl (C=O) groups excluding carboxylic acids is 2. The van der Waals surface area contributed by atoms with Gasteiger partial charge in [0.1, 0.15) is 11.5 Å². The Morgan fingerprint density at radius 3 is 2.42 bits per heavy atom. The molecule has 0 atom stereocenters. The molecule has 0 bridgehead atoms. The van der Waals surface area contributed by atoms with Crippen molar-refractivity contribution < 1.29 is 9.59 Å². The molecule has 1 saturated carbocycles. The molecule has 2 N–H and O–H groups in total. The monoisotopic (exact) mass is 503 g/mol. The zero-order chi connectivity index (χ0) is 25.7. The van der Waals surface area contributed by atoms with Crippen molar-refractivity contribution in [2.24, 2.45) is 5.92 Å². The Labute approximate surface area is 216 Å². The van der Waals surface area contributed by atoms with Crippen molar-refractivity contribution >= 4 is 29.2 Å². The van der Waals surface area contributed by atoms with Crippen molar-refractivity contribution in [2.75, 3.05) is 5.32 Å². The smallest absolute Gasteiger partial charge is 0.276 e. The second-order valence-electron chi connectivity index (χ2n) is 9.41. The van der Waals surface area contributed by atoms with Gasteiger partial charge in [0.15, 0.2) is 0 Å². The molecule has 186 valence electrons. The van der Waals surface area contributed by atoms with E-state index in [1.165, 1.54) is 6.20 Å². The summed E-state index contributed by atoms with van der Waals surface area (Å²) < 4.78 is 1.72. The molecule has 2 heterocycles. The van der Waals surface area contributed by atoms with Crippen LogP contribution in [0.2, 0.25) is 5.02 Å². The van der Waals surface area contributed by atoms with E-state index in [-0.39, 0.29) is 29.8 Å². The van der Waals surface area contributed by atoms with Gasteiger partial charge in [0.05, 0.1) is 17.3 Å². The highest BCUT2D eigenvalue weighted by Crippen LogP contribution is 2.31. The molecule has 36 heavy (non-hydrogen) atoms. The number of nitrogens with zero attached hydrogens (tertiary/aromatic N) is 3. The molecule has 2 amide bonds. The standard InChI is InChI=1S/C28H30ClN5O2/c1-18(2)27(35)32-22-11-13-23(14-12-22)34-25(24(29)17-31-34)28(36)33-26-19(3)15-21(16-30-26)10-9-20-7-5-4-6-8-20/h4-8,15-18,22-23H,11-14H2,1-3H3,(H,32,35)(H,30,33,36)/t22-,23-. The molecule has 1 aliphatic carbocycles. The zero-order valence-electron chi connectivity index (χ0n) is 20.7. The summed E-state index contributed by atoms with van der Waals surface area (Å²) in [6.45, 7) is 5.65. The van der Waals surface area contributed by atoms with Crippen LogP contribution in [0.4, 0.5) is 5.82 Å². The molecule has 1 aromatic carbocycles. The van der Waals surface area contributed by atoms with E-state index in [0.29, 0.717) is 16.5 Å². The van der Waals surface area contributed by atoms with Crippen molar-refractivity contribution in [3.63, 3.8) is 0 Å². The van der Waals surface area contributed by atoms with E-state index < -0.39 is 0 Å². The lowest BCUT2D eigenvalue weighted by Gasteiger charge is -2.30. The van der Waals surface area contributed by atoms with Crippen molar-refractivity contribution in [1.82, 2.24) is 20.1 Å². The van der Waals surface area contributed by atoms with E-state index in [0.717, 1.165) is 42.4 Å². The average molecular weight is 504 g/mol. The number of anilines is 1. The zero-order valence-corrected chi connectivity index (χ0v) is 21.5. The number of aromatic nitrogens is 3. The molecule has 2 aromatic heterocycles. The Morgan fingerprint density at radius 1 is 1.06 bits per heavy atom. The summed E-state index contributed by atoms with van der Waals surface area (Å²) in [7, 11) is 0. The van der Waals surface area contributed by atoms with Gasteiger partial charge in [-0.25, -0.2) is 4.98 Å². The van der Waals surface area contributed by atoms with Gasteiger partial charge >= 0.3 is 0 Å². The molecule has 8 heteroatoms. The van der Waals surface area contributed by atoms with Crippen LogP contribution in [0.25, 0.3) is 0 Å². The highest BCUT2D eigenvalue weighted by atomic mass is 35.5. The molecule has 4 rings (SSSR count). The third-order valence-corrected chi connectivity index (χ3v) is 6.59. The van der Waals surface area contributed by atoms with Crippen molar-refractivity contribution in [3.8, 4) is 11.8 Å². The summed E-state index contributed by atoms with van der Waals surface area (Å²) in [4.78, 5) is 29.6. The van der Waals surface area contributed by atoms with E-state index in [1.54, 1.807) is 10.9 Å². The molecule has 3 aromatic rings. The maximum Gasteiger partial charge on any atom is 0.276 e. The van der Waals surface area contributed by atoms with Gasteiger partial charge in [-0.15, -0.1) is 0 Å². The maximum atomic E-state index is 13.2. The predicted octanol–water partition coefficient (Wildman–Crippen LogP) is 5.15. The van der Waals surface area contributed by atoms with E-state index >= 15 is 0 Å². The third-order valence-electron chi connectivity index (χ3n) is 6.31. The van der Waals surface area contributed by atoms with Gasteiger partial charge in [0, 0.05) is 29.3 Å².